The molecule has 0 bridgehead atoms. The summed E-state index contributed by atoms with van der Waals surface area (Å²) < 4.78 is 27.6. The van der Waals surface area contributed by atoms with Crippen molar-refractivity contribution >= 4 is 10.0 Å². The van der Waals surface area contributed by atoms with Crippen molar-refractivity contribution in [2.75, 3.05) is 7.05 Å². The van der Waals surface area contributed by atoms with Crippen molar-refractivity contribution in [1.82, 2.24) is 10.0 Å². The van der Waals surface area contributed by atoms with Crippen LogP contribution in [0.3, 0.4) is 0 Å². The first kappa shape index (κ1) is 16.5. The van der Waals surface area contributed by atoms with Crippen LogP contribution < -0.4 is 10.0 Å². The maximum absolute atomic E-state index is 12.4. The van der Waals surface area contributed by atoms with Gasteiger partial charge in [0, 0.05) is 12.6 Å². The highest BCUT2D eigenvalue weighted by molar-refractivity contribution is 7.88. The van der Waals surface area contributed by atoms with Crippen molar-refractivity contribution in [2.45, 2.75) is 50.9 Å². The maximum Gasteiger partial charge on any atom is 0.216 e. The van der Waals surface area contributed by atoms with Crippen LogP contribution in [-0.4, -0.2) is 21.5 Å². The molecule has 0 aromatic heterocycles. The van der Waals surface area contributed by atoms with Crippen LogP contribution in [-0.2, 0) is 22.3 Å². The van der Waals surface area contributed by atoms with E-state index in [2.05, 4.69) is 17.0 Å². The molecular formula is C16H26N2O2S. The van der Waals surface area contributed by atoms with Crippen LogP contribution in [0.5, 0.6) is 0 Å². The summed E-state index contributed by atoms with van der Waals surface area (Å²) in [6, 6.07) is 7.86. The van der Waals surface area contributed by atoms with Gasteiger partial charge in [-0.2, -0.15) is 0 Å². The monoisotopic (exact) mass is 310 g/mol. The second-order valence-electron chi connectivity index (χ2n) is 6.10. The summed E-state index contributed by atoms with van der Waals surface area (Å²) in [7, 11) is -1.38. The third kappa shape index (κ3) is 5.09. The molecule has 4 nitrogen and oxygen atoms in total. The molecule has 2 unspecified atom stereocenters. The van der Waals surface area contributed by atoms with E-state index in [1.807, 2.05) is 31.3 Å². The average Bonchev–Trinajstić information content (AvgIpc) is 2.41. The lowest BCUT2D eigenvalue weighted by molar-refractivity contribution is 0.310. The summed E-state index contributed by atoms with van der Waals surface area (Å²) in [5, 5.41) is 3.08. The molecule has 0 radical (unpaired) electrons. The fraction of sp³-hybridized carbons (Fsp3) is 0.625. The Balaban J connectivity index is 2.01. The zero-order chi connectivity index (χ0) is 15.3. The summed E-state index contributed by atoms with van der Waals surface area (Å²) >= 11 is 0. The molecule has 2 rings (SSSR count). The Morgan fingerprint density at radius 3 is 2.62 bits per heavy atom. The molecule has 0 saturated heterocycles. The molecule has 118 valence electrons. The second-order valence-corrected chi connectivity index (χ2v) is 7.85. The van der Waals surface area contributed by atoms with Crippen molar-refractivity contribution in [3.63, 3.8) is 0 Å². The normalized spacial score (nSPS) is 23.1. The molecule has 21 heavy (non-hydrogen) atoms. The Bertz CT molecular complexity index is 557. The van der Waals surface area contributed by atoms with Crippen molar-refractivity contribution in [3.05, 3.63) is 35.4 Å². The van der Waals surface area contributed by atoms with Gasteiger partial charge < -0.3 is 5.32 Å². The minimum absolute atomic E-state index is 0.0633. The molecule has 1 fully saturated rings. The topological polar surface area (TPSA) is 58.2 Å². The minimum Gasteiger partial charge on any atom is -0.316 e. The van der Waals surface area contributed by atoms with Crippen molar-refractivity contribution < 1.29 is 8.42 Å². The van der Waals surface area contributed by atoms with Gasteiger partial charge in [0.1, 0.15) is 0 Å². The zero-order valence-corrected chi connectivity index (χ0v) is 13.7. The number of hydrogen-bond donors (Lipinski definition) is 2. The Hall–Kier alpha value is -0.910. The molecule has 1 saturated carbocycles. The van der Waals surface area contributed by atoms with Crippen molar-refractivity contribution in [1.29, 1.82) is 0 Å². The SMILES string of the molecule is CNCc1cccc(CS(=O)(=O)NC2CCCCC2C)c1. The molecular weight excluding hydrogens is 284 g/mol. The van der Waals surface area contributed by atoms with Crippen LogP contribution in [0.4, 0.5) is 0 Å². The van der Waals surface area contributed by atoms with Gasteiger partial charge in [-0.3, -0.25) is 0 Å². The van der Waals surface area contributed by atoms with Crippen LogP contribution in [0, 0.1) is 5.92 Å². The lowest BCUT2D eigenvalue weighted by Crippen LogP contribution is -2.41. The van der Waals surface area contributed by atoms with Gasteiger partial charge >= 0.3 is 0 Å². The molecule has 0 amide bonds. The van der Waals surface area contributed by atoms with E-state index in [-0.39, 0.29) is 11.8 Å². The van der Waals surface area contributed by atoms with E-state index in [0.717, 1.165) is 36.9 Å². The molecule has 1 aliphatic rings. The molecule has 1 aromatic rings. The molecule has 0 heterocycles. The Labute approximate surface area is 128 Å². The predicted octanol–water partition coefficient (Wildman–Crippen LogP) is 2.40. The Morgan fingerprint density at radius 1 is 1.19 bits per heavy atom. The van der Waals surface area contributed by atoms with E-state index < -0.39 is 10.0 Å². The van der Waals surface area contributed by atoms with Crippen LogP contribution in [0.15, 0.2) is 24.3 Å². The summed E-state index contributed by atoms with van der Waals surface area (Å²) in [5.74, 6) is 0.498. The number of rotatable bonds is 6. The first-order valence-electron chi connectivity index (χ1n) is 7.72. The van der Waals surface area contributed by atoms with Gasteiger partial charge in [-0.15, -0.1) is 0 Å². The van der Waals surface area contributed by atoms with Crippen LogP contribution in [0.25, 0.3) is 0 Å². The number of nitrogens with one attached hydrogen (secondary N) is 2. The van der Waals surface area contributed by atoms with E-state index in [0.29, 0.717) is 5.92 Å². The number of hydrogen-bond acceptors (Lipinski definition) is 3. The van der Waals surface area contributed by atoms with E-state index in [9.17, 15) is 8.42 Å². The zero-order valence-electron chi connectivity index (χ0n) is 12.9. The van der Waals surface area contributed by atoms with E-state index in [1.54, 1.807) is 0 Å². The second kappa shape index (κ2) is 7.38. The molecule has 5 heteroatoms. The lowest BCUT2D eigenvalue weighted by atomic mass is 9.87. The lowest BCUT2D eigenvalue weighted by Gasteiger charge is -2.29. The third-order valence-corrected chi connectivity index (χ3v) is 5.55. The average molecular weight is 310 g/mol. The largest absolute Gasteiger partial charge is 0.316 e. The molecule has 2 N–H and O–H groups in total. The summed E-state index contributed by atoms with van der Waals surface area (Å²) in [5.41, 5.74) is 1.95. The molecule has 1 aliphatic carbocycles. The van der Waals surface area contributed by atoms with Crippen LogP contribution in [0.1, 0.15) is 43.7 Å². The van der Waals surface area contributed by atoms with Gasteiger partial charge in [0.25, 0.3) is 0 Å². The number of benzene rings is 1. The van der Waals surface area contributed by atoms with E-state index in [1.165, 1.54) is 6.42 Å². The van der Waals surface area contributed by atoms with Gasteiger partial charge in [-0.25, -0.2) is 13.1 Å². The summed E-state index contributed by atoms with van der Waals surface area (Å²) in [6.07, 6.45) is 4.41. The van der Waals surface area contributed by atoms with E-state index >= 15 is 0 Å². The fourth-order valence-electron chi connectivity index (χ4n) is 3.02. The van der Waals surface area contributed by atoms with Crippen LogP contribution in [0.2, 0.25) is 0 Å². The highest BCUT2D eigenvalue weighted by Gasteiger charge is 2.25. The smallest absolute Gasteiger partial charge is 0.216 e. The standard InChI is InChI=1S/C16H26N2O2S/c1-13-6-3-4-9-16(13)18-21(19,20)12-15-8-5-7-14(10-15)11-17-2/h5,7-8,10,13,16-18H,3-4,6,9,11-12H2,1-2H3. The van der Waals surface area contributed by atoms with Crippen LogP contribution >= 0.6 is 0 Å². The highest BCUT2D eigenvalue weighted by atomic mass is 32.2. The third-order valence-electron chi connectivity index (χ3n) is 4.17. The summed E-state index contributed by atoms with van der Waals surface area (Å²) in [4.78, 5) is 0. The molecule has 0 aliphatic heterocycles. The summed E-state index contributed by atoms with van der Waals surface area (Å²) in [6.45, 7) is 2.89. The Kier molecular flexibility index (Phi) is 5.79. The van der Waals surface area contributed by atoms with Gasteiger partial charge in [-0.1, -0.05) is 44.0 Å². The predicted molar refractivity (Wildman–Crippen MR) is 86.4 cm³/mol. The molecule has 0 spiro atoms. The van der Waals surface area contributed by atoms with E-state index in [4.69, 9.17) is 0 Å². The van der Waals surface area contributed by atoms with Gasteiger partial charge in [0.2, 0.25) is 10.0 Å². The first-order chi connectivity index (χ1) is 10.00. The van der Waals surface area contributed by atoms with Gasteiger partial charge in [-0.05, 0) is 36.9 Å². The minimum atomic E-state index is -3.27. The first-order valence-corrected chi connectivity index (χ1v) is 9.38. The van der Waals surface area contributed by atoms with Gasteiger partial charge in [0.15, 0.2) is 0 Å². The molecule has 1 aromatic carbocycles. The Morgan fingerprint density at radius 2 is 1.90 bits per heavy atom. The number of sulfonamides is 1. The highest BCUT2D eigenvalue weighted by Crippen LogP contribution is 2.24. The maximum atomic E-state index is 12.4. The van der Waals surface area contributed by atoms with Crippen molar-refractivity contribution in [2.24, 2.45) is 5.92 Å². The van der Waals surface area contributed by atoms with Gasteiger partial charge in [0.05, 0.1) is 5.75 Å². The van der Waals surface area contributed by atoms with Crippen molar-refractivity contribution in [3.8, 4) is 0 Å². The molecule has 2 atom stereocenters. The quantitative estimate of drug-likeness (QED) is 0.848. The fourth-order valence-corrected chi connectivity index (χ4v) is 4.53.